The Morgan fingerprint density at radius 3 is 2.48 bits per heavy atom. The molecule has 3 aromatic rings. The number of nitrogens with one attached hydrogen (secondary N) is 1. The fourth-order valence-corrected chi connectivity index (χ4v) is 4.26. The first-order chi connectivity index (χ1) is 15.9. The van der Waals surface area contributed by atoms with Crippen molar-refractivity contribution in [2.45, 2.75) is 58.5 Å². The first kappa shape index (κ1) is 22.8. The minimum atomic E-state index is -0.354. The molecule has 1 N–H and O–H groups in total. The lowest BCUT2D eigenvalue weighted by Crippen LogP contribution is -2.20. The van der Waals surface area contributed by atoms with Crippen LogP contribution in [0.1, 0.15) is 73.6 Å². The molecule has 6 heteroatoms. The van der Waals surface area contributed by atoms with Gasteiger partial charge in [-0.25, -0.2) is 0 Å². The summed E-state index contributed by atoms with van der Waals surface area (Å²) in [6, 6.07) is 14.0. The highest BCUT2D eigenvalue weighted by Gasteiger charge is 2.25. The van der Waals surface area contributed by atoms with Crippen molar-refractivity contribution in [1.29, 1.82) is 0 Å². The molecule has 1 fully saturated rings. The van der Waals surface area contributed by atoms with Crippen LogP contribution < -0.4 is 10.7 Å². The summed E-state index contributed by atoms with van der Waals surface area (Å²) in [5, 5.41) is 3.19. The Kier molecular flexibility index (Phi) is 6.92. The average Bonchev–Trinajstić information content (AvgIpc) is 2.84. The highest BCUT2D eigenvalue weighted by molar-refractivity contribution is 6.05. The van der Waals surface area contributed by atoms with Gasteiger partial charge in [0.05, 0.1) is 16.9 Å². The lowest BCUT2D eigenvalue weighted by molar-refractivity contribution is -0.148. The van der Waals surface area contributed by atoms with Gasteiger partial charge in [-0.15, -0.1) is 0 Å². The van der Waals surface area contributed by atoms with Gasteiger partial charge in [0.2, 0.25) is 0 Å². The predicted octanol–water partition coefficient (Wildman–Crippen LogP) is 5.79. The van der Waals surface area contributed by atoms with Gasteiger partial charge in [0.25, 0.3) is 5.91 Å². The standard InChI is InChI=1S/C27H29NO5/c1-17(2)27(31)32-16-22-24(29)21-15-20(28-26(30)19-11-7-4-8-12-19)13-14-23(21)33-25(22)18-9-5-3-6-10-18/h4,7-8,11-15,17-18H,3,5-6,9-10,16H2,1-2H3,(H,28,30). The quantitative estimate of drug-likeness (QED) is 0.483. The Bertz CT molecular complexity index is 1210. The molecule has 0 radical (unpaired) electrons. The fraction of sp³-hybridized carbons (Fsp3) is 0.370. The van der Waals surface area contributed by atoms with Crippen molar-refractivity contribution in [3.8, 4) is 0 Å². The van der Waals surface area contributed by atoms with Crippen LogP contribution in [0.5, 0.6) is 0 Å². The van der Waals surface area contributed by atoms with Crippen molar-refractivity contribution in [3.63, 3.8) is 0 Å². The predicted molar refractivity (Wildman–Crippen MR) is 127 cm³/mol. The van der Waals surface area contributed by atoms with E-state index in [2.05, 4.69) is 5.32 Å². The summed E-state index contributed by atoms with van der Waals surface area (Å²) in [6.45, 7) is 3.41. The van der Waals surface area contributed by atoms with E-state index in [0.29, 0.717) is 33.5 Å². The molecule has 1 heterocycles. The lowest BCUT2D eigenvalue weighted by Gasteiger charge is -2.23. The van der Waals surface area contributed by atoms with E-state index in [9.17, 15) is 14.4 Å². The maximum absolute atomic E-state index is 13.5. The average molecular weight is 448 g/mol. The maximum atomic E-state index is 13.5. The summed E-state index contributed by atoms with van der Waals surface area (Å²) in [7, 11) is 0. The molecular weight excluding hydrogens is 418 g/mol. The van der Waals surface area contributed by atoms with Gasteiger partial charge < -0.3 is 14.5 Å². The zero-order valence-electron chi connectivity index (χ0n) is 19.1. The van der Waals surface area contributed by atoms with E-state index in [1.165, 1.54) is 6.42 Å². The molecule has 172 valence electrons. The van der Waals surface area contributed by atoms with Crippen molar-refractivity contribution >= 4 is 28.5 Å². The number of rotatable bonds is 6. The van der Waals surface area contributed by atoms with E-state index in [1.807, 2.05) is 6.07 Å². The SMILES string of the molecule is CC(C)C(=O)OCc1c(C2CCCCC2)oc2ccc(NC(=O)c3ccccc3)cc2c1=O. The molecule has 1 amide bonds. The number of amides is 1. The molecular formula is C27H29NO5. The van der Waals surface area contributed by atoms with Crippen molar-refractivity contribution in [2.24, 2.45) is 5.92 Å². The number of hydrogen-bond donors (Lipinski definition) is 1. The van der Waals surface area contributed by atoms with Crippen molar-refractivity contribution < 1.29 is 18.7 Å². The molecule has 0 unspecified atom stereocenters. The van der Waals surface area contributed by atoms with Gasteiger partial charge in [-0.05, 0) is 43.2 Å². The number of carbonyl (C=O) groups is 2. The van der Waals surface area contributed by atoms with Gasteiger partial charge in [-0.2, -0.15) is 0 Å². The Hall–Kier alpha value is -3.41. The molecule has 1 aliphatic rings. The first-order valence-electron chi connectivity index (χ1n) is 11.6. The molecule has 0 atom stereocenters. The Labute approximate surface area is 192 Å². The van der Waals surface area contributed by atoms with E-state index >= 15 is 0 Å². The molecule has 0 saturated heterocycles. The van der Waals surface area contributed by atoms with Crippen LogP contribution >= 0.6 is 0 Å². The van der Waals surface area contributed by atoms with Gasteiger partial charge >= 0.3 is 5.97 Å². The minimum Gasteiger partial charge on any atom is -0.460 e. The zero-order chi connectivity index (χ0) is 23.4. The number of carbonyl (C=O) groups excluding carboxylic acids is 2. The summed E-state index contributed by atoms with van der Waals surface area (Å²) >= 11 is 0. The minimum absolute atomic E-state index is 0.109. The van der Waals surface area contributed by atoms with Crippen LogP contribution in [0.3, 0.4) is 0 Å². The van der Waals surface area contributed by atoms with Gasteiger partial charge in [0.1, 0.15) is 18.0 Å². The number of anilines is 1. The molecule has 0 aliphatic heterocycles. The molecule has 4 rings (SSSR count). The Morgan fingerprint density at radius 1 is 1.06 bits per heavy atom. The van der Waals surface area contributed by atoms with Gasteiger partial charge in [-0.1, -0.05) is 51.3 Å². The third kappa shape index (κ3) is 5.16. The van der Waals surface area contributed by atoms with Crippen LogP contribution in [0.2, 0.25) is 0 Å². The van der Waals surface area contributed by atoms with E-state index in [-0.39, 0.29) is 35.7 Å². The monoisotopic (exact) mass is 447 g/mol. The summed E-state index contributed by atoms with van der Waals surface area (Å²) in [6.07, 6.45) is 5.25. The number of hydrogen-bond acceptors (Lipinski definition) is 5. The maximum Gasteiger partial charge on any atom is 0.308 e. The van der Waals surface area contributed by atoms with Crippen LogP contribution in [-0.2, 0) is 16.1 Å². The second kappa shape index (κ2) is 10.0. The van der Waals surface area contributed by atoms with Gasteiger partial charge in [0, 0.05) is 17.2 Å². The van der Waals surface area contributed by atoms with Crippen LogP contribution in [0, 0.1) is 5.92 Å². The smallest absolute Gasteiger partial charge is 0.308 e. The number of esters is 1. The summed E-state index contributed by atoms with van der Waals surface area (Å²) in [5.41, 5.74) is 1.68. The van der Waals surface area contributed by atoms with Gasteiger partial charge in [0.15, 0.2) is 5.43 Å². The van der Waals surface area contributed by atoms with E-state index in [1.54, 1.807) is 56.3 Å². The Balaban J connectivity index is 1.71. The zero-order valence-corrected chi connectivity index (χ0v) is 19.1. The van der Waals surface area contributed by atoms with Crippen molar-refractivity contribution in [2.75, 3.05) is 5.32 Å². The molecule has 0 spiro atoms. The van der Waals surface area contributed by atoms with Gasteiger partial charge in [-0.3, -0.25) is 14.4 Å². The van der Waals surface area contributed by atoms with Crippen LogP contribution in [0.4, 0.5) is 5.69 Å². The van der Waals surface area contributed by atoms with Crippen LogP contribution in [-0.4, -0.2) is 11.9 Å². The molecule has 0 bridgehead atoms. The highest BCUT2D eigenvalue weighted by atomic mass is 16.5. The molecule has 33 heavy (non-hydrogen) atoms. The molecule has 1 saturated carbocycles. The van der Waals surface area contributed by atoms with Crippen LogP contribution in [0.25, 0.3) is 11.0 Å². The summed E-state index contributed by atoms with van der Waals surface area (Å²) < 4.78 is 11.7. The molecule has 6 nitrogen and oxygen atoms in total. The molecule has 1 aromatic heterocycles. The summed E-state index contributed by atoms with van der Waals surface area (Å²) in [4.78, 5) is 38.1. The summed E-state index contributed by atoms with van der Waals surface area (Å²) in [5.74, 6) is -0.126. The highest BCUT2D eigenvalue weighted by Crippen LogP contribution is 2.35. The van der Waals surface area contributed by atoms with Crippen molar-refractivity contribution in [3.05, 3.63) is 75.6 Å². The largest absolute Gasteiger partial charge is 0.460 e. The number of benzene rings is 2. The first-order valence-corrected chi connectivity index (χ1v) is 11.6. The normalized spacial score (nSPS) is 14.4. The lowest BCUT2D eigenvalue weighted by atomic mass is 9.85. The third-order valence-electron chi connectivity index (χ3n) is 6.12. The number of ether oxygens (including phenoxy) is 1. The second-order valence-corrected chi connectivity index (χ2v) is 8.90. The third-order valence-corrected chi connectivity index (χ3v) is 6.12. The molecule has 2 aromatic carbocycles. The van der Waals surface area contributed by atoms with Crippen LogP contribution in [0.15, 0.2) is 57.7 Å². The fourth-order valence-electron chi connectivity index (χ4n) is 4.26. The van der Waals surface area contributed by atoms with E-state index in [0.717, 1.165) is 25.7 Å². The second-order valence-electron chi connectivity index (χ2n) is 8.90. The topological polar surface area (TPSA) is 85.6 Å². The van der Waals surface area contributed by atoms with Crippen molar-refractivity contribution in [1.82, 2.24) is 0 Å². The van der Waals surface area contributed by atoms with E-state index in [4.69, 9.17) is 9.15 Å². The van der Waals surface area contributed by atoms with E-state index < -0.39 is 0 Å². The molecule has 1 aliphatic carbocycles. The number of fused-ring (bicyclic) bond motifs is 1. The Morgan fingerprint density at radius 2 is 1.79 bits per heavy atom.